The van der Waals surface area contributed by atoms with Crippen LogP contribution in [0.25, 0.3) is 0 Å². The third-order valence-corrected chi connectivity index (χ3v) is 3.19. The molecule has 18 heavy (non-hydrogen) atoms. The Hall–Kier alpha value is -1.85. The van der Waals surface area contributed by atoms with Gasteiger partial charge in [0.25, 0.3) is 0 Å². The third-order valence-electron chi connectivity index (χ3n) is 2.82. The largest absolute Gasteiger partial charge is 0.207 e. The van der Waals surface area contributed by atoms with Crippen molar-refractivity contribution in [3.8, 4) is 6.07 Å². The summed E-state index contributed by atoms with van der Waals surface area (Å²) in [6.45, 7) is 0. The minimum Gasteiger partial charge on any atom is -0.207 e. The molecule has 0 bridgehead atoms. The lowest BCUT2D eigenvalue weighted by Gasteiger charge is -2.11. The summed E-state index contributed by atoms with van der Waals surface area (Å²) in [6.07, 6.45) is 0.414. The minimum absolute atomic E-state index is 0.351. The standard InChI is InChI=1S/C15H11ClFN/c16-14-7-3-1-5-11(14)9-12(10-18)13-6-2-4-8-15(13)17/h1-8,12H,9H2. The topological polar surface area (TPSA) is 23.8 Å². The van der Waals surface area contributed by atoms with E-state index in [1.54, 1.807) is 24.3 Å². The Bertz CT molecular complexity index is 589. The van der Waals surface area contributed by atoms with Crippen LogP contribution < -0.4 is 0 Å². The molecule has 0 amide bonds. The molecule has 1 nitrogen and oxygen atoms in total. The Balaban J connectivity index is 2.30. The van der Waals surface area contributed by atoms with Crippen molar-refractivity contribution in [1.82, 2.24) is 0 Å². The predicted molar refractivity (Wildman–Crippen MR) is 69.9 cm³/mol. The molecule has 2 rings (SSSR count). The van der Waals surface area contributed by atoms with Crippen LogP contribution in [0.1, 0.15) is 17.0 Å². The fourth-order valence-corrected chi connectivity index (χ4v) is 2.08. The monoisotopic (exact) mass is 259 g/mol. The van der Waals surface area contributed by atoms with Crippen molar-refractivity contribution in [2.75, 3.05) is 0 Å². The Morgan fingerprint density at radius 3 is 2.44 bits per heavy atom. The number of hydrogen-bond acceptors (Lipinski definition) is 1. The number of benzene rings is 2. The molecule has 0 spiro atoms. The molecule has 0 fully saturated rings. The van der Waals surface area contributed by atoms with E-state index >= 15 is 0 Å². The number of halogens is 2. The van der Waals surface area contributed by atoms with E-state index in [-0.39, 0.29) is 5.82 Å². The van der Waals surface area contributed by atoms with Gasteiger partial charge in [-0.25, -0.2) is 4.39 Å². The Morgan fingerprint density at radius 2 is 1.78 bits per heavy atom. The molecule has 0 aliphatic carbocycles. The van der Waals surface area contributed by atoms with Gasteiger partial charge in [0.2, 0.25) is 0 Å². The lowest BCUT2D eigenvalue weighted by Crippen LogP contribution is -2.03. The van der Waals surface area contributed by atoms with Crippen molar-refractivity contribution >= 4 is 11.6 Å². The summed E-state index contributed by atoms with van der Waals surface area (Å²) >= 11 is 6.05. The zero-order valence-electron chi connectivity index (χ0n) is 9.61. The van der Waals surface area contributed by atoms with Crippen LogP contribution in [0.2, 0.25) is 5.02 Å². The molecular weight excluding hydrogens is 249 g/mol. The van der Waals surface area contributed by atoms with Crippen LogP contribution in [-0.4, -0.2) is 0 Å². The molecule has 0 saturated heterocycles. The van der Waals surface area contributed by atoms with Gasteiger partial charge in [0.05, 0.1) is 12.0 Å². The van der Waals surface area contributed by atoms with E-state index in [0.29, 0.717) is 17.0 Å². The average molecular weight is 260 g/mol. The zero-order chi connectivity index (χ0) is 13.0. The van der Waals surface area contributed by atoms with E-state index in [2.05, 4.69) is 6.07 Å². The number of hydrogen-bond donors (Lipinski definition) is 0. The van der Waals surface area contributed by atoms with Crippen molar-refractivity contribution in [3.05, 3.63) is 70.5 Å². The third kappa shape index (κ3) is 2.69. The van der Waals surface area contributed by atoms with E-state index < -0.39 is 5.92 Å². The fraction of sp³-hybridized carbons (Fsp3) is 0.133. The van der Waals surface area contributed by atoms with Crippen LogP contribution >= 0.6 is 11.6 Å². The summed E-state index contributed by atoms with van der Waals surface area (Å²) in [5.41, 5.74) is 1.27. The highest BCUT2D eigenvalue weighted by molar-refractivity contribution is 6.31. The van der Waals surface area contributed by atoms with Crippen LogP contribution in [0.15, 0.2) is 48.5 Å². The van der Waals surface area contributed by atoms with Crippen molar-refractivity contribution in [1.29, 1.82) is 5.26 Å². The van der Waals surface area contributed by atoms with Gasteiger partial charge in [-0.1, -0.05) is 48.0 Å². The molecule has 0 aliphatic rings. The van der Waals surface area contributed by atoms with Gasteiger partial charge in [0.1, 0.15) is 5.82 Å². The summed E-state index contributed by atoms with van der Waals surface area (Å²) in [6, 6.07) is 15.8. The van der Waals surface area contributed by atoms with E-state index in [1.165, 1.54) is 6.07 Å². The number of rotatable bonds is 3. The van der Waals surface area contributed by atoms with Gasteiger partial charge in [-0.3, -0.25) is 0 Å². The Morgan fingerprint density at radius 1 is 1.11 bits per heavy atom. The fourth-order valence-electron chi connectivity index (χ4n) is 1.87. The molecule has 0 heterocycles. The minimum atomic E-state index is -0.522. The highest BCUT2D eigenvalue weighted by atomic mass is 35.5. The van der Waals surface area contributed by atoms with Crippen LogP contribution in [0, 0.1) is 17.1 Å². The molecule has 2 aromatic carbocycles. The molecule has 0 radical (unpaired) electrons. The van der Waals surface area contributed by atoms with E-state index in [0.717, 1.165) is 5.56 Å². The second-order valence-electron chi connectivity index (χ2n) is 4.00. The molecule has 1 atom stereocenters. The van der Waals surface area contributed by atoms with Crippen LogP contribution in [0.4, 0.5) is 4.39 Å². The van der Waals surface area contributed by atoms with Crippen molar-refractivity contribution in [2.24, 2.45) is 0 Å². The maximum absolute atomic E-state index is 13.6. The lowest BCUT2D eigenvalue weighted by molar-refractivity contribution is 0.600. The first-order valence-corrected chi connectivity index (χ1v) is 5.97. The first-order valence-electron chi connectivity index (χ1n) is 5.60. The maximum Gasteiger partial charge on any atom is 0.127 e. The van der Waals surface area contributed by atoms with Crippen molar-refractivity contribution < 1.29 is 4.39 Å². The van der Waals surface area contributed by atoms with Crippen LogP contribution in [0.3, 0.4) is 0 Å². The van der Waals surface area contributed by atoms with Crippen molar-refractivity contribution in [2.45, 2.75) is 12.3 Å². The summed E-state index contributed by atoms with van der Waals surface area (Å²) in [5, 5.41) is 9.80. The van der Waals surface area contributed by atoms with Gasteiger partial charge in [-0.05, 0) is 24.1 Å². The molecule has 90 valence electrons. The first kappa shape index (κ1) is 12.6. The SMILES string of the molecule is N#CC(Cc1ccccc1Cl)c1ccccc1F. The van der Waals surface area contributed by atoms with Gasteiger partial charge in [-0.15, -0.1) is 0 Å². The van der Waals surface area contributed by atoms with E-state index in [1.807, 2.05) is 18.2 Å². The number of nitriles is 1. The van der Waals surface area contributed by atoms with Gasteiger partial charge in [-0.2, -0.15) is 5.26 Å². The van der Waals surface area contributed by atoms with E-state index in [9.17, 15) is 9.65 Å². The lowest BCUT2D eigenvalue weighted by atomic mass is 9.93. The maximum atomic E-state index is 13.6. The highest BCUT2D eigenvalue weighted by Gasteiger charge is 2.16. The molecule has 3 heteroatoms. The second-order valence-corrected chi connectivity index (χ2v) is 4.41. The summed E-state index contributed by atoms with van der Waals surface area (Å²) in [7, 11) is 0. The van der Waals surface area contributed by atoms with Gasteiger partial charge < -0.3 is 0 Å². The Labute approximate surface area is 110 Å². The quantitative estimate of drug-likeness (QED) is 0.805. The van der Waals surface area contributed by atoms with Crippen LogP contribution in [0.5, 0.6) is 0 Å². The van der Waals surface area contributed by atoms with E-state index in [4.69, 9.17) is 11.6 Å². The molecule has 2 aromatic rings. The summed E-state index contributed by atoms with van der Waals surface area (Å²) < 4.78 is 13.6. The molecule has 0 saturated carbocycles. The normalized spacial score (nSPS) is 11.8. The molecule has 0 N–H and O–H groups in total. The number of nitrogens with zero attached hydrogens (tertiary/aromatic N) is 1. The molecule has 1 unspecified atom stereocenters. The summed E-state index contributed by atoms with van der Waals surface area (Å²) in [4.78, 5) is 0. The molecule has 0 aliphatic heterocycles. The van der Waals surface area contributed by atoms with Gasteiger partial charge in [0.15, 0.2) is 0 Å². The highest BCUT2D eigenvalue weighted by Crippen LogP contribution is 2.26. The molecule has 0 aromatic heterocycles. The molecular formula is C15H11ClFN. The summed E-state index contributed by atoms with van der Waals surface area (Å²) in [5.74, 6) is -0.873. The van der Waals surface area contributed by atoms with Gasteiger partial charge >= 0.3 is 0 Å². The smallest absolute Gasteiger partial charge is 0.127 e. The van der Waals surface area contributed by atoms with Crippen LogP contribution in [-0.2, 0) is 6.42 Å². The average Bonchev–Trinajstić information content (AvgIpc) is 2.39. The zero-order valence-corrected chi connectivity index (χ0v) is 10.4. The van der Waals surface area contributed by atoms with Crippen molar-refractivity contribution in [3.63, 3.8) is 0 Å². The Kier molecular flexibility index (Phi) is 3.96. The first-order chi connectivity index (χ1) is 8.72. The second kappa shape index (κ2) is 5.66. The van der Waals surface area contributed by atoms with Gasteiger partial charge in [0, 0.05) is 10.6 Å². The predicted octanol–water partition coefficient (Wildman–Crippen LogP) is 4.33.